The lowest BCUT2D eigenvalue weighted by Crippen LogP contribution is -2.03. The number of aromatic nitrogens is 6. The van der Waals surface area contributed by atoms with E-state index >= 15 is 0 Å². The van der Waals surface area contributed by atoms with Crippen LogP contribution in [0.5, 0.6) is 0 Å². The van der Waals surface area contributed by atoms with Crippen molar-refractivity contribution in [2.24, 2.45) is 0 Å². The Morgan fingerprint density at radius 1 is 1.39 bits per heavy atom. The van der Waals surface area contributed by atoms with Gasteiger partial charge in [0, 0.05) is 0 Å². The van der Waals surface area contributed by atoms with Crippen molar-refractivity contribution in [3.8, 4) is 0 Å². The van der Waals surface area contributed by atoms with Crippen molar-refractivity contribution in [1.82, 2.24) is 30.3 Å². The summed E-state index contributed by atoms with van der Waals surface area (Å²) in [4.78, 5) is 12.2. The number of H-pyrrole nitrogens is 1. The summed E-state index contributed by atoms with van der Waals surface area (Å²) in [6.07, 6.45) is 1.62. The molecule has 0 aliphatic carbocycles. The van der Waals surface area contributed by atoms with Gasteiger partial charge in [-0.1, -0.05) is 5.16 Å². The first-order valence-electron chi connectivity index (χ1n) is 5.12. The van der Waals surface area contributed by atoms with Crippen LogP contribution in [0.25, 0.3) is 11.0 Å². The van der Waals surface area contributed by atoms with E-state index in [1.807, 2.05) is 0 Å². The van der Waals surface area contributed by atoms with Gasteiger partial charge in [0.15, 0.2) is 11.5 Å². The minimum absolute atomic E-state index is 0.135. The number of aromatic amines is 1. The molecular formula is C9H8ClN7O. The van der Waals surface area contributed by atoms with E-state index in [0.717, 1.165) is 5.39 Å². The van der Waals surface area contributed by atoms with Gasteiger partial charge in [0.25, 0.3) is 0 Å². The summed E-state index contributed by atoms with van der Waals surface area (Å²) in [5.41, 5.74) is 0.569. The molecule has 3 heterocycles. The normalized spacial score (nSPS) is 11.0. The van der Waals surface area contributed by atoms with Gasteiger partial charge in [0.2, 0.25) is 11.2 Å². The molecule has 0 aliphatic rings. The molecule has 9 heteroatoms. The molecule has 0 unspecified atom stereocenters. The van der Waals surface area contributed by atoms with Crippen LogP contribution >= 0.6 is 11.6 Å². The van der Waals surface area contributed by atoms with Crippen LogP contribution in [0.3, 0.4) is 0 Å². The van der Waals surface area contributed by atoms with Crippen molar-refractivity contribution < 1.29 is 4.52 Å². The lowest BCUT2D eigenvalue weighted by molar-refractivity contribution is 0.379. The van der Waals surface area contributed by atoms with E-state index in [9.17, 15) is 0 Å². The fourth-order valence-electron chi connectivity index (χ4n) is 1.51. The van der Waals surface area contributed by atoms with Crippen molar-refractivity contribution >= 4 is 28.5 Å². The lowest BCUT2D eigenvalue weighted by Gasteiger charge is -2.03. The Labute approximate surface area is 106 Å². The van der Waals surface area contributed by atoms with Gasteiger partial charge in [-0.25, -0.2) is 0 Å². The number of fused-ring (bicyclic) bond motifs is 1. The van der Waals surface area contributed by atoms with Crippen molar-refractivity contribution in [2.75, 3.05) is 5.32 Å². The van der Waals surface area contributed by atoms with E-state index in [4.69, 9.17) is 16.1 Å². The maximum atomic E-state index is 5.81. The van der Waals surface area contributed by atoms with E-state index in [1.54, 1.807) is 13.1 Å². The summed E-state index contributed by atoms with van der Waals surface area (Å²) in [6.45, 7) is 2.11. The molecule has 92 valence electrons. The Morgan fingerprint density at radius 2 is 2.28 bits per heavy atom. The van der Waals surface area contributed by atoms with Gasteiger partial charge in [-0.15, -0.1) is 0 Å². The maximum absolute atomic E-state index is 5.81. The third-order valence-electron chi connectivity index (χ3n) is 2.26. The van der Waals surface area contributed by atoms with Crippen LogP contribution < -0.4 is 5.32 Å². The average Bonchev–Trinajstić information content (AvgIpc) is 2.94. The maximum Gasteiger partial charge on any atom is 0.245 e. The summed E-state index contributed by atoms with van der Waals surface area (Å²) in [5, 5.41) is 14.2. The molecular weight excluding hydrogens is 258 g/mol. The highest BCUT2D eigenvalue weighted by Gasteiger charge is 2.09. The second-order valence-corrected chi connectivity index (χ2v) is 3.90. The zero-order valence-electron chi connectivity index (χ0n) is 9.31. The Balaban J connectivity index is 1.87. The van der Waals surface area contributed by atoms with Crippen molar-refractivity contribution in [2.45, 2.75) is 13.5 Å². The minimum Gasteiger partial charge on any atom is -0.360 e. The van der Waals surface area contributed by atoms with Gasteiger partial charge in [-0.3, -0.25) is 5.10 Å². The Morgan fingerprint density at radius 3 is 3.06 bits per heavy atom. The molecule has 18 heavy (non-hydrogen) atoms. The number of rotatable bonds is 3. The van der Waals surface area contributed by atoms with Gasteiger partial charge in [-0.05, 0) is 18.5 Å². The van der Waals surface area contributed by atoms with E-state index in [-0.39, 0.29) is 5.28 Å². The molecule has 0 amide bonds. The molecule has 2 N–H and O–H groups in total. The van der Waals surface area contributed by atoms with Crippen LogP contribution in [0.1, 0.15) is 11.7 Å². The smallest absolute Gasteiger partial charge is 0.245 e. The van der Waals surface area contributed by atoms with Crippen LogP contribution in [0, 0.1) is 6.92 Å². The standard InChI is InChI=1S/C9H8ClN7O/c1-4-13-6(18-17-4)3-11-7-5-2-12-16-8(5)15-9(10)14-7/h2H,3H2,1H3,(H2,11,12,14,15,16). The topological polar surface area (TPSA) is 105 Å². The van der Waals surface area contributed by atoms with Gasteiger partial charge in [0.05, 0.1) is 18.1 Å². The van der Waals surface area contributed by atoms with Gasteiger partial charge in [0.1, 0.15) is 5.82 Å². The van der Waals surface area contributed by atoms with E-state index in [1.165, 1.54) is 0 Å². The Bertz CT molecular complexity index is 691. The number of nitrogens with zero attached hydrogens (tertiary/aromatic N) is 5. The molecule has 0 aromatic carbocycles. The van der Waals surface area contributed by atoms with Crippen molar-refractivity contribution in [1.29, 1.82) is 0 Å². The molecule has 0 bridgehead atoms. The van der Waals surface area contributed by atoms with E-state index in [0.29, 0.717) is 29.7 Å². The number of aryl methyl sites for hydroxylation is 1. The Kier molecular flexibility index (Phi) is 2.56. The molecule has 0 saturated carbocycles. The van der Waals surface area contributed by atoms with Gasteiger partial charge in [-0.2, -0.15) is 20.1 Å². The predicted octanol–water partition coefficient (Wildman–Crippen LogP) is 1.31. The van der Waals surface area contributed by atoms with E-state index < -0.39 is 0 Å². The molecule has 3 rings (SSSR count). The third kappa shape index (κ3) is 1.97. The second kappa shape index (κ2) is 4.22. The average molecular weight is 266 g/mol. The predicted molar refractivity (Wildman–Crippen MR) is 63.1 cm³/mol. The summed E-state index contributed by atoms with van der Waals surface area (Å²) in [7, 11) is 0. The molecule has 0 aliphatic heterocycles. The Hall–Kier alpha value is -2.22. The first-order chi connectivity index (χ1) is 8.72. The highest BCUT2D eigenvalue weighted by atomic mass is 35.5. The van der Waals surface area contributed by atoms with Gasteiger partial charge < -0.3 is 9.84 Å². The highest BCUT2D eigenvalue weighted by Crippen LogP contribution is 2.20. The fraction of sp³-hybridized carbons (Fsp3) is 0.222. The quantitative estimate of drug-likeness (QED) is 0.688. The molecule has 3 aromatic rings. The molecule has 0 radical (unpaired) electrons. The molecule has 8 nitrogen and oxygen atoms in total. The fourth-order valence-corrected chi connectivity index (χ4v) is 1.68. The molecule has 3 aromatic heterocycles. The summed E-state index contributed by atoms with van der Waals surface area (Å²) >= 11 is 5.81. The molecule has 0 fully saturated rings. The lowest BCUT2D eigenvalue weighted by atomic mass is 10.4. The zero-order valence-corrected chi connectivity index (χ0v) is 10.1. The van der Waals surface area contributed by atoms with Crippen LogP contribution in [-0.2, 0) is 6.54 Å². The minimum atomic E-state index is 0.135. The highest BCUT2D eigenvalue weighted by molar-refractivity contribution is 6.28. The van der Waals surface area contributed by atoms with E-state index in [2.05, 4.69) is 35.6 Å². The first kappa shape index (κ1) is 10.9. The van der Waals surface area contributed by atoms with Gasteiger partial charge >= 0.3 is 0 Å². The molecule has 0 atom stereocenters. The number of hydrogen-bond acceptors (Lipinski definition) is 7. The molecule has 0 spiro atoms. The summed E-state index contributed by atoms with van der Waals surface area (Å²) < 4.78 is 4.99. The molecule has 0 saturated heterocycles. The largest absolute Gasteiger partial charge is 0.360 e. The summed E-state index contributed by atoms with van der Waals surface area (Å²) in [6, 6.07) is 0. The monoisotopic (exact) mass is 265 g/mol. The van der Waals surface area contributed by atoms with Crippen LogP contribution in [-0.4, -0.2) is 30.3 Å². The van der Waals surface area contributed by atoms with Crippen LogP contribution in [0.2, 0.25) is 5.28 Å². The number of halogens is 1. The first-order valence-corrected chi connectivity index (χ1v) is 5.50. The number of anilines is 1. The van der Waals surface area contributed by atoms with Crippen molar-refractivity contribution in [3.05, 3.63) is 23.2 Å². The number of nitrogens with one attached hydrogen (secondary N) is 2. The summed E-state index contributed by atoms with van der Waals surface area (Å²) in [5.74, 6) is 1.62. The second-order valence-electron chi connectivity index (χ2n) is 3.56. The van der Waals surface area contributed by atoms with Crippen molar-refractivity contribution in [3.63, 3.8) is 0 Å². The van der Waals surface area contributed by atoms with Crippen LogP contribution in [0.15, 0.2) is 10.7 Å². The van der Waals surface area contributed by atoms with Crippen LogP contribution in [0.4, 0.5) is 5.82 Å². The third-order valence-corrected chi connectivity index (χ3v) is 2.43. The number of hydrogen-bond donors (Lipinski definition) is 2. The SMILES string of the molecule is Cc1noc(CNc2nc(Cl)nc3[nH]ncc23)n1. The zero-order chi connectivity index (χ0) is 12.5.